The summed E-state index contributed by atoms with van der Waals surface area (Å²) in [5, 5.41) is 7.89. The molecule has 2 aromatic carbocycles. The minimum atomic E-state index is -0.483. The van der Waals surface area contributed by atoms with Crippen molar-refractivity contribution < 1.29 is 23.5 Å². The van der Waals surface area contributed by atoms with Crippen molar-refractivity contribution in [3.63, 3.8) is 0 Å². The molecule has 2 heterocycles. The van der Waals surface area contributed by atoms with Crippen molar-refractivity contribution >= 4 is 11.9 Å². The number of hydrogen-bond acceptors (Lipinski definition) is 7. The van der Waals surface area contributed by atoms with E-state index in [0.717, 1.165) is 29.8 Å². The maximum atomic E-state index is 12.3. The van der Waals surface area contributed by atoms with Crippen LogP contribution in [0.15, 0.2) is 52.9 Å². The lowest BCUT2D eigenvalue weighted by molar-refractivity contribution is -0.128. The average Bonchev–Trinajstić information content (AvgIpc) is 3.42. The summed E-state index contributed by atoms with van der Waals surface area (Å²) in [5.41, 5.74) is 2.14. The summed E-state index contributed by atoms with van der Waals surface area (Å²) in [4.78, 5) is 25.8. The molecule has 0 radical (unpaired) electrons. The van der Waals surface area contributed by atoms with Crippen LogP contribution in [0.3, 0.4) is 0 Å². The topological polar surface area (TPSA) is 94.8 Å². The molecular weight excluding hydrogens is 386 g/mol. The molecule has 0 bridgehead atoms. The van der Waals surface area contributed by atoms with Gasteiger partial charge in [0, 0.05) is 25.1 Å². The van der Waals surface area contributed by atoms with Crippen molar-refractivity contribution in [2.75, 3.05) is 13.7 Å². The van der Waals surface area contributed by atoms with Gasteiger partial charge in [-0.2, -0.15) is 0 Å². The second kappa shape index (κ2) is 8.77. The zero-order chi connectivity index (χ0) is 20.9. The molecule has 0 N–H and O–H groups in total. The summed E-state index contributed by atoms with van der Waals surface area (Å²) in [6.07, 6.45) is 1.51. The average molecular weight is 407 g/mol. The van der Waals surface area contributed by atoms with E-state index in [4.69, 9.17) is 13.9 Å². The summed E-state index contributed by atoms with van der Waals surface area (Å²) >= 11 is 0. The van der Waals surface area contributed by atoms with Gasteiger partial charge in [0.15, 0.2) is 6.61 Å². The summed E-state index contributed by atoms with van der Waals surface area (Å²) < 4.78 is 15.9. The number of benzene rings is 2. The Hall–Kier alpha value is -3.68. The number of hydrogen-bond donors (Lipinski definition) is 0. The Morgan fingerprint density at radius 3 is 2.53 bits per heavy atom. The first-order valence-electron chi connectivity index (χ1n) is 9.63. The van der Waals surface area contributed by atoms with Crippen LogP contribution in [0, 0.1) is 0 Å². The lowest BCUT2D eigenvalue weighted by Gasteiger charge is -2.15. The van der Waals surface area contributed by atoms with Crippen LogP contribution >= 0.6 is 0 Å². The van der Waals surface area contributed by atoms with Crippen LogP contribution in [0.5, 0.6) is 5.75 Å². The molecule has 1 amide bonds. The van der Waals surface area contributed by atoms with Gasteiger partial charge in [-0.05, 0) is 48.4 Å². The van der Waals surface area contributed by atoms with E-state index in [1.165, 1.54) is 0 Å². The van der Waals surface area contributed by atoms with Gasteiger partial charge in [0.25, 0.3) is 5.89 Å². The molecule has 1 aliphatic heterocycles. The molecule has 0 aliphatic carbocycles. The summed E-state index contributed by atoms with van der Waals surface area (Å²) in [7, 11) is 1.59. The van der Waals surface area contributed by atoms with Crippen LogP contribution < -0.4 is 4.74 Å². The molecule has 1 saturated heterocycles. The van der Waals surface area contributed by atoms with Gasteiger partial charge >= 0.3 is 5.97 Å². The number of rotatable bonds is 7. The Balaban J connectivity index is 1.32. The highest BCUT2D eigenvalue weighted by Gasteiger charge is 2.20. The molecule has 1 aromatic heterocycles. The SMILES string of the molecule is COc1ccc(-c2nnc(COC(=O)c3ccc(CN4CCCC4=O)cc3)o2)cc1. The Labute approximate surface area is 173 Å². The molecule has 1 fully saturated rings. The van der Waals surface area contributed by atoms with Crippen molar-refractivity contribution in [1.29, 1.82) is 0 Å². The fourth-order valence-electron chi connectivity index (χ4n) is 3.21. The van der Waals surface area contributed by atoms with Gasteiger partial charge in [0.2, 0.25) is 11.8 Å². The molecule has 8 heteroatoms. The first kappa shape index (κ1) is 19.6. The third-order valence-corrected chi connectivity index (χ3v) is 4.87. The molecular formula is C22H21N3O5. The Morgan fingerprint density at radius 2 is 1.87 bits per heavy atom. The minimum absolute atomic E-state index is 0.119. The summed E-state index contributed by atoms with van der Waals surface area (Å²) in [6.45, 7) is 1.22. The molecule has 0 saturated carbocycles. The second-order valence-corrected chi connectivity index (χ2v) is 6.92. The summed E-state index contributed by atoms with van der Waals surface area (Å²) in [6, 6.07) is 14.2. The highest BCUT2D eigenvalue weighted by atomic mass is 16.5. The van der Waals surface area contributed by atoms with E-state index < -0.39 is 5.97 Å². The highest BCUT2D eigenvalue weighted by molar-refractivity contribution is 5.89. The second-order valence-electron chi connectivity index (χ2n) is 6.92. The van der Waals surface area contributed by atoms with Crippen molar-refractivity contribution in [3.8, 4) is 17.2 Å². The lowest BCUT2D eigenvalue weighted by atomic mass is 10.1. The fourth-order valence-corrected chi connectivity index (χ4v) is 3.21. The zero-order valence-corrected chi connectivity index (χ0v) is 16.5. The van der Waals surface area contributed by atoms with E-state index in [2.05, 4.69) is 10.2 Å². The largest absolute Gasteiger partial charge is 0.497 e. The third kappa shape index (κ3) is 4.48. The molecule has 4 rings (SSSR count). The van der Waals surface area contributed by atoms with Crippen LogP contribution in [0.25, 0.3) is 11.5 Å². The molecule has 30 heavy (non-hydrogen) atoms. The van der Waals surface area contributed by atoms with Crippen LogP contribution in [0.2, 0.25) is 0 Å². The van der Waals surface area contributed by atoms with E-state index >= 15 is 0 Å². The molecule has 0 spiro atoms. The monoisotopic (exact) mass is 407 g/mol. The third-order valence-electron chi connectivity index (χ3n) is 4.87. The predicted octanol–water partition coefficient (Wildman–Crippen LogP) is 3.22. The molecule has 154 valence electrons. The number of aromatic nitrogens is 2. The standard InChI is InChI=1S/C22H21N3O5/c1-28-18-10-8-16(9-11-18)21-24-23-19(30-21)14-29-22(27)17-6-4-15(5-7-17)13-25-12-2-3-20(25)26/h4-11H,2-3,12-14H2,1H3. The van der Waals surface area contributed by atoms with Gasteiger partial charge in [0.1, 0.15) is 5.75 Å². The Morgan fingerprint density at radius 1 is 1.10 bits per heavy atom. The van der Waals surface area contributed by atoms with E-state index in [1.807, 2.05) is 17.0 Å². The van der Waals surface area contributed by atoms with E-state index in [-0.39, 0.29) is 18.4 Å². The van der Waals surface area contributed by atoms with E-state index in [9.17, 15) is 9.59 Å². The van der Waals surface area contributed by atoms with Crippen molar-refractivity contribution in [2.45, 2.75) is 26.0 Å². The molecule has 3 aromatic rings. The molecule has 8 nitrogen and oxygen atoms in total. The van der Waals surface area contributed by atoms with Gasteiger partial charge in [-0.3, -0.25) is 4.79 Å². The first-order valence-corrected chi connectivity index (χ1v) is 9.63. The molecule has 0 unspecified atom stereocenters. The van der Waals surface area contributed by atoms with E-state index in [1.54, 1.807) is 43.5 Å². The maximum Gasteiger partial charge on any atom is 0.338 e. The number of methoxy groups -OCH3 is 1. The van der Waals surface area contributed by atoms with Crippen LogP contribution in [-0.4, -0.2) is 40.6 Å². The van der Waals surface area contributed by atoms with Gasteiger partial charge < -0.3 is 18.8 Å². The van der Waals surface area contributed by atoms with Gasteiger partial charge in [-0.25, -0.2) is 4.79 Å². The van der Waals surface area contributed by atoms with Crippen LogP contribution in [-0.2, 0) is 22.7 Å². The predicted molar refractivity (Wildman–Crippen MR) is 106 cm³/mol. The van der Waals surface area contributed by atoms with Crippen molar-refractivity contribution in [1.82, 2.24) is 15.1 Å². The number of carbonyl (C=O) groups is 2. The Bertz CT molecular complexity index is 1030. The minimum Gasteiger partial charge on any atom is -0.497 e. The fraction of sp³-hybridized carbons (Fsp3) is 0.273. The smallest absolute Gasteiger partial charge is 0.338 e. The number of esters is 1. The van der Waals surface area contributed by atoms with Gasteiger partial charge in [0.05, 0.1) is 12.7 Å². The Kier molecular flexibility index (Phi) is 5.74. The molecule has 0 atom stereocenters. The van der Waals surface area contributed by atoms with Crippen molar-refractivity contribution in [2.24, 2.45) is 0 Å². The van der Waals surface area contributed by atoms with E-state index in [0.29, 0.717) is 24.4 Å². The van der Waals surface area contributed by atoms with Crippen LogP contribution in [0.4, 0.5) is 0 Å². The number of ether oxygens (including phenoxy) is 2. The summed E-state index contributed by atoms with van der Waals surface area (Å²) in [5.74, 6) is 0.961. The first-order chi connectivity index (χ1) is 14.6. The van der Waals surface area contributed by atoms with Crippen molar-refractivity contribution in [3.05, 3.63) is 65.5 Å². The lowest BCUT2D eigenvalue weighted by Crippen LogP contribution is -2.23. The number of amides is 1. The quantitative estimate of drug-likeness (QED) is 0.555. The number of carbonyl (C=O) groups excluding carboxylic acids is 2. The maximum absolute atomic E-state index is 12.3. The number of likely N-dealkylation sites (tertiary alicyclic amines) is 1. The normalized spacial score (nSPS) is 13.5. The number of nitrogens with zero attached hydrogens (tertiary/aromatic N) is 3. The zero-order valence-electron chi connectivity index (χ0n) is 16.5. The molecule has 1 aliphatic rings. The highest BCUT2D eigenvalue weighted by Crippen LogP contribution is 2.21. The van der Waals surface area contributed by atoms with Gasteiger partial charge in [-0.15, -0.1) is 10.2 Å². The van der Waals surface area contributed by atoms with Crippen LogP contribution in [0.1, 0.15) is 34.7 Å². The van der Waals surface area contributed by atoms with Gasteiger partial charge in [-0.1, -0.05) is 12.1 Å².